The van der Waals surface area contributed by atoms with Gasteiger partial charge in [0.2, 0.25) is 6.10 Å². The summed E-state index contributed by atoms with van der Waals surface area (Å²) < 4.78 is 5.47. The number of ether oxygens (including phenoxy) is 1. The largest absolute Gasteiger partial charge is 0.447 e. The molecule has 0 unspecified atom stereocenters. The minimum absolute atomic E-state index is 0.200. The number of nitrogens with two attached hydrogens (primary N) is 1. The SMILES string of the molecule is CN(C)C(=O)[C@H](OC(=O)C[C@@H](NC(N)=O)c1ccc(Cl)cc1)c1ccccc1. The van der Waals surface area contributed by atoms with Crippen molar-refractivity contribution in [3.63, 3.8) is 0 Å². The number of hydrogen-bond acceptors (Lipinski definition) is 4. The average molecular weight is 404 g/mol. The quantitative estimate of drug-likeness (QED) is 0.694. The van der Waals surface area contributed by atoms with Crippen molar-refractivity contribution >= 4 is 29.5 Å². The van der Waals surface area contributed by atoms with Crippen LogP contribution in [0.3, 0.4) is 0 Å². The van der Waals surface area contributed by atoms with Gasteiger partial charge >= 0.3 is 12.0 Å². The summed E-state index contributed by atoms with van der Waals surface area (Å²) in [5.74, 6) is -1.02. The number of urea groups is 1. The van der Waals surface area contributed by atoms with Crippen molar-refractivity contribution in [1.82, 2.24) is 10.2 Å². The molecule has 2 atom stereocenters. The molecule has 0 aromatic heterocycles. The van der Waals surface area contributed by atoms with Gasteiger partial charge in [-0.15, -0.1) is 0 Å². The zero-order valence-electron chi connectivity index (χ0n) is 15.6. The van der Waals surface area contributed by atoms with Crippen LogP contribution in [0.1, 0.15) is 29.7 Å². The van der Waals surface area contributed by atoms with Crippen molar-refractivity contribution in [3.05, 3.63) is 70.7 Å². The molecule has 0 spiro atoms. The van der Waals surface area contributed by atoms with E-state index in [1.54, 1.807) is 68.7 Å². The second-order valence-corrected chi connectivity index (χ2v) is 6.77. The molecule has 8 heteroatoms. The molecule has 7 nitrogen and oxygen atoms in total. The maximum absolute atomic E-state index is 12.6. The van der Waals surface area contributed by atoms with Crippen LogP contribution in [0.2, 0.25) is 5.02 Å². The molecule has 0 heterocycles. The van der Waals surface area contributed by atoms with Gasteiger partial charge < -0.3 is 20.7 Å². The lowest BCUT2D eigenvalue weighted by Gasteiger charge is -2.23. The summed E-state index contributed by atoms with van der Waals surface area (Å²) in [4.78, 5) is 37.8. The van der Waals surface area contributed by atoms with Crippen molar-refractivity contribution in [1.29, 1.82) is 0 Å². The van der Waals surface area contributed by atoms with E-state index in [2.05, 4.69) is 5.32 Å². The summed E-state index contributed by atoms with van der Waals surface area (Å²) in [7, 11) is 3.16. The van der Waals surface area contributed by atoms with Crippen LogP contribution in [0.15, 0.2) is 54.6 Å². The molecular formula is C20H22ClN3O4. The van der Waals surface area contributed by atoms with E-state index < -0.39 is 24.1 Å². The van der Waals surface area contributed by atoms with Crippen LogP contribution in [0.25, 0.3) is 0 Å². The molecule has 0 aliphatic carbocycles. The van der Waals surface area contributed by atoms with E-state index in [1.807, 2.05) is 0 Å². The molecule has 28 heavy (non-hydrogen) atoms. The number of carbonyl (C=O) groups is 3. The molecule has 148 valence electrons. The van der Waals surface area contributed by atoms with Crippen molar-refractivity contribution < 1.29 is 19.1 Å². The Balaban J connectivity index is 2.19. The van der Waals surface area contributed by atoms with Crippen LogP contribution in [-0.2, 0) is 14.3 Å². The van der Waals surface area contributed by atoms with Crippen LogP contribution >= 0.6 is 11.6 Å². The highest BCUT2D eigenvalue weighted by molar-refractivity contribution is 6.30. The first kappa shape index (κ1) is 21.2. The number of esters is 1. The molecule has 2 aromatic rings. The number of likely N-dealkylation sites (N-methyl/N-ethyl adjacent to an activating group) is 1. The second-order valence-electron chi connectivity index (χ2n) is 6.33. The number of rotatable bonds is 7. The predicted octanol–water partition coefficient (Wildman–Crippen LogP) is 2.81. The smallest absolute Gasteiger partial charge is 0.312 e. The number of nitrogens with one attached hydrogen (secondary N) is 1. The van der Waals surface area contributed by atoms with Gasteiger partial charge in [0.25, 0.3) is 5.91 Å². The topological polar surface area (TPSA) is 102 Å². The summed E-state index contributed by atoms with van der Waals surface area (Å²) in [6, 6.07) is 13.9. The normalized spacial score (nSPS) is 12.5. The van der Waals surface area contributed by atoms with E-state index in [-0.39, 0.29) is 12.3 Å². The Morgan fingerprint density at radius 3 is 2.18 bits per heavy atom. The first-order valence-electron chi connectivity index (χ1n) is 8.55. The first-order chi connectivity index (χ1) is 13.3. The van der Waals surface area contributed by atoms with Gasteiger partial charge in [-0.1, -0.05) is 54.1 Å². The van der Waals surface area contributed by atoms with E-state index in [1.165, 1.54) is 4.90 Å². The molecule has 0 aliphatic heterocycles. The van der Waals surface area contributed by atoms with Gasteiger partial charge in [0.05, 0.1) is 12.5 Å². The third-order valence-electron chi connectivity index (χ3n) is 3.98. The van der Waals surface area contributed by atoms with Crippen molar-refractivity contribution in [2.24, 2.45) is 5.73 Å². The van der Waals surface area contributed by atoms with Crippen LogP contribution in [0.5, 0.6) is 0 Å². The zero-order chi connectivity index (χ0) is 20.7. The summed E-state index contributed by atoms with van der Waals surface area (Å²) in [6.45, 7) is 0. The van der Waals surface area contributed by atoms with Gasteiger partial charge in [0, 0.05) is 24.7 Å². The maximum Gasteiger partial charge on any atom is 0.312 e. The number of nitrogens with zero attached hydrogens (tertiary/aromatic N) is 1. The van der Waals surface area contributed by atoms with Crippen LogP contribution in [-0.4, -0.2) is 36.9 Å². The van der Waals surface area contributed by atoms with Gasteiger partial charge in [-0.3, -0.25) is 9.59 Å². The fraction of sp³-hybridized carbons (Fsp3) is 0.250. The van der Waals surface area contributed by atoms with Gasteiger partial charge in [0.15, 0.2) is 0 Å². The van der Waals surface area contributed by atoms with E-state index in [0.29, 0.717) is 16.1 Å². The fourth-order valence-corrected chi connectivity index (χ4v) is 2.71. The summed E-state index contributed by atoms with van der Waals surface area (Å²) in [5.41, 5.74) is 6.42. The van der Waals surface area contributed by atoms with Gasteiger partial charge in [-0.2, -0.15) is 0 Å². The van der Waals surface area contributed by atoms with Crippen molar-refractivity contribution in [2.45, 2.75) is 18.6 Å². The van der Waals surface area contributed by atoms with E-state index >= 15 is 0 Å². The van der Waals surface area contributed by atoms with Crippen LogP contribution in [0, 0.1) is 0 Å². The van der Waals surface area contributed by atoms with Crippen LogP contribution in [0.4, 0.5) is 4.79 Å². The number of primary amides is 1. The first-order valence-corrected chi connectivity index (χ1v) is 8.92. The Bertz CT molecular complexity index is 825. The molecule has 0 saturated heterocycles. The summed E-state index contributed by atoms with van der Waals surface area (Å²) >= 11 is 5.88. The maximum atomic E-state index is 12.6. The monoisotopic (exact) mass is 403 g/mol. The van der Waals surface area contributed by atoms with Crippen LogP contribution < -0.4 is 11.1 Å². The molecule has 0 bridgehead atoms. The Labute approximate surface area is 168 Å². The predicted molar refractivity (Wildman–Crippen MR) is 105 cm³/mol. The third-order valence-corrected chi connectivity index (χ3v) is 4.23. The molecule has 3 amide bonds. The summed E-state index contributed by atoms with van der Waals surface area (Å²) in [6.07, 6.45) is -1.28. The second kappa shape index (κ2) is 9.75. The highest BCUT2D eigenvalue weighted by Gasteiger charge is 2.28. The number of amides is 3. The van der Waals surface area contributed by atoms with E-state index in [9.17, 15) is 14.4 Å². The van der Waals surface area contributed by atoms with Gasteiger partial charge in [-0.05, 0) is 17.7 Å². The van der Waals surface area contributed by atoms with E-state index in [0.717, 1.165) is 0 Å². The number of carbonyl (C=O) groups excluding carboxylic acids is 3. The lowest BCUT2D eigenvalue weighted by Crippen LogP contribution is -2.36. The molecule has 0 saturated carbocycles. The average Bonchev–Trinajstić information content (AvgIpc) is 2.66. The van der Waals surface area contributed by atoms with Crippen molar-refractivity contribution in [3.8, 4) is 0 Å². The third kappa shape index (κ3) is 5.99. The zero-order valence-corrected chi connectivity index (χ0v) is 16.3. The number of halogens is 1. The summed E-state index contributed by atoms with van der Waals surface area (Å²) in [5, 5.41) is 3.03. The Kier molecular flexibility index (Phi) is 7.40. The van der Waals surface area contributed by atoms with Gasteiger partial charge in [-0.25, -0.2) is 4.79 Å². The van der Waals surface area contributed by atoms with E-state index in [4.69, 9.17) is 22.1 Å². The standard InChI is InChI=1S/C20H22ClN3O4/c1-24(2)19(26)18(14-6-4-3-5-7-14)28-17(25)12-16(23-20(22)27)13-8-10-15(21)11-9-13/h3-11,16,18H,12H2,1-2H3,(H3,22,23,27)/t16-,18-/m1/s1. The highest BCUT2D eigenvalue weighted by atomic mass is 35.5. The Morgan fingerprint density at radius 1 is 1.04 bits per heavy atom. The van der Waals surface area contributed by atoms with Gasteiger partial charge in [0.1, 0.15) is 0 Å². The highest BCUT2D eigenvalue weighted by Crippen LogP contribution is 2.24. The Hall–Kier alpha value is -3.06. The lowest BCUT2D eigenvalue weighted by atomic mass is 10.0. The molecule has 0 radical (unpaired) electrons. The Morgan fingerprint density at radius 2 is 1.64 bits per heavy atom. The fourth-order valence-electron chi connectivity index (χ4n) is 2.59. The molecule has 2 rings (SSSR count). The molecule has 2 aromatic carbocycles. The molecule has 0 aliphatic rings. The minimum Gasteiger partial charge on any atom is -0.447 e. The number of benzene rings is 2. The molecule has 0 fully saturated rings. The molecule has 3 N–H and O–H groups in total. The number of hydrogen-bond donors (Lipinski definition) is 2. The minimum atomic E-state index is -1.08. The molecular weight excluding hydrogens is 382 g/mol. The lowest BCUT2D eigenvalue weighted by molar-refractivity contribution is -0.160. The van der Waals surface area contributed by atoms with Crippen molar-refractivity contribution in [2.75, 3.05) is 14.1 Å².